The van der Waals surface area contributed by atoms with E-state index >= 15 is 0 Å². The zero-order valence-electron chi connectivity index (χ0n) is 9.56. The molecule has 0 radical (unpaired) electrons. The Morgan fingerprint density at radius 3 is 2.88 bits per heavy atom. The molecular weight excluding hydrogens is 204 g/mol. The molecule has 86 valence electrons. The Kier molecular flexibility index (Phi) is 4.51. The standard InChI is InChI=1S/C12H16N2O2/c1-3-4-5-8-13-11-9-10(2)6-7-12(11)14(15)16/h3-4,6-7,9,13H,5,8H2,1-2H3/b4-3+. The predicted octanol–water partition coefficient (Wildman–Crippen LogP) is 3.28. The molecule has 4 nitrogen and oxygen atoms in total. The van der Waals surface area contributed by atoms with Crippen LogP contribution in [0.4, 0.5) is 11.4 Å². The Bertz CT molecular complexity index is 400. The van der Waals surface area contributed by atoms with Gasteiger partial charge in [-0.2, -0.15) is 0 Å². The number of rotatable bonds is 5. The van der Waals surface area contributed by atoms with Crippen LogP contribution in [0.15, 0.2) is 30.4 Å². The van der Waals surface area contributed by atoms with E-state index in [-0.39, 0.29) is 10.6 Å². The van der Waals surface area contributed by atoms with Crippen LogP contribution >= 0.6 is 0 Å². The Morgan fingerprint density at radius 1 is 1.50 bits per heavy atom. The van der Waals surface area contributed by atoms with Crippen molar-refractivity contribution < 1.29 is 4.92 Å². The van der Waals surface area contributed by atoms with E-state index in [0.717, 1.165) is 12.0 Å². The summed E-state index contributed by atoms with van der Waals surface area (Å²) in [4.78, 5) is 10.4. The lowest BCUT2D eigenvalue weighted by molar-refractivity contribution is -0.384. The molecule has 0 unspecified atom stereocenters. The second kappa shape index (κ2) is 5.90. The summed E-state index contributed by atoms with van der Waals surface area (Å²) >= 11 is 0. The van der Waals surface area contributed by atoms with Gasteiger partial charge in [0.15, 0.2) is 0 Å². The van der Waals surface area contributed by atoms with Gasteiger partial charge in [0.2, 0.25) is 0 Å². The van der Waals surface area contributed by atoms with Crippen molar-refractivity contribution in [3.05, 3.63) is 46.0 Å². The molecule has 16 heavy (non-hydrogen) atoms. The summed E-state index contributed by atoms with van der Waals surface area (Å²) in [6.45, 7) is 4.57. The van der Waals surface area contributed by atoms with Gasteiger partial charge in [0.05, 0.1) is 4.92 Å². The molecule has 0 aliphatic heterocycles. The second-order valence-electron chi connectivity index (χ2n) is 3.56. The largest absolute Gasteiger partial charge is 0.379 e. The first-order valence-corrected chi connectivity index (χ1v) is 5.25. The van der Waals surface area contributed by atoms with Crippen molar-refractivity contribution in [3.63, 3.8) is 0 Å². The molecule has 0 amide bonds. The summed E-state index contributed by atoms with van der Waals surface area (Å²) in [5.41, 5.74) is 1.74. The number of benzene rings is 1. The number of nitro benzene ring substituents is 1. The molecule has 0 aliphatic carbocycles. The average molecular weight is 220 g/mol. The number of nitrogens with one attached hydrogen (secondary N) is 1. The summed E-state index contributed by atoms with van der Waals surface area (Å²) in [6, 6.07) is 5.08. The van der Waals surface area contributed by atoms with Crippen LogP contribution in [0.5, 0.6) is 0 Å². The summed E-state index contributed by atoms with van der Waals surface area (Å²) in [5.74, 6) is 0. The van der Waals surface area contributed by atoms with Crippen LogP contribution in [0, 0.1) is 17.0 Å². The first kappa shape index (κ1) is 12.2. The third-order valence-electron chi connectivity index (χ3n) is 2.21. The van der Waals surface area contributed by atoms with Crippen molar-refractivity contribution in [3.8, 4) is 0 Å². The van der Waals surface area contributed by atoms with E-state index in [0.29, 0.717) is 12.2 Å². The molecule has 0 fully saturated rings. The van der Waals surface area contributed by atoms with E-state index in [4.69, 9.17) is 0 Å². The smallest absolute Gasteiger partial charge is 0.292 e. The predicted molar refractivity (Wildman–Crippen MR) is 65.8 cm³/mol. The molecule has 1 aromatic rings. The molecule has 0 saturated carbocycles. The summed E-state index contributed by atoms with van der Waals surface area (Å²) < 4.78 is 0. The van der Waals surface area contributed by atoms with E-state index in [1.165, 1.54) is 6.07 Å². The van der Waals surface area contributed by atoms with Gasteiger partial charge < -0.3 is 5.32 Å². The summed E-state index contributed by atoms with van der Waals surface area (Å²) in [7, 11) is 0. The lowest BCUT2D eigenvalue weighted by Gasteiger charge is -2.06. The third-order valence-corrected chi connectivity index (χ3v) is 2.21. The Morgan fingerprint density at radius 2 is 2.25 bits per heavy atom. The first-order chi connectivity index (χ1) is 7.65. The highest BCUT2D eigenvalue weighted by Crippen LogP contribution is 2.24. The molecule has 0 heterocycles. The maximum Gasteiger partial charge on any atom is 0.292 e. The van der Waals surface area contributed by atoms with Crippen LogP contribution < -0.4 is 5.32 Å². The molecule has 0 aromatic heterocycles. The fourth-order valence-corrected chi connectivity index (χ4v) is 1.41. The highest BCUT2D eigenvalue weighted by atomic mass is 16.6. The van der Waals surface area contributed by atoms with Crippen LogP contribution in [0.2, 0.25) is 0 Å². The number of nitro groups is 1. The lowest BCUT2D eigenvalue weighted by atomic mass is 10.2. The zero-order valence-corrected chi connectivity index (χ0v) is 9.56. The highest BCUT2D eigenvalue weighted by molar-refractivity contribution is 5.62. The number of hydrogen-bond acceptors (Lipinski definition) is 3. The normalized spacial score (nSPS) is 10.6. The summed E-state index contributed by atoms with van der Waals surface area (Å²) in [5, 5.41) is 13.9. The van der Waals surface area contributed by atoms with Crippen molar-refractivity contribution in [2.45, 2.75) is 20.3 Å². The number of anilines is 1. The molecule has 0 saturated heterocycles. The van der Waals surface area contributed by atoms with E-state index in [1.807, 2.05) is 26.0 Å². The molecule has 0 bridgehead atoms. The van der Waals surface area contributed by atoms with Crippen molar-refractivity contribution in [1.29, 1.82) is 0 Å². The summed E-state index contributed by atoms with van der Waals surface area (Å²) in [6.07, 6.45) is 4.85. The zero-order chi connectivity index (χ0) is 12.0. The number of aryl methyl sites for hydroxylation is 1. The van der Waals surface area contributed by atoms with Crippen LogP contribution in [0.25, 0.3) is 0 Å². The van der Waals surface area contributed by atoms with Gasteiger partial charge in [-0.05, 0) is 31.9 Å². The van der Waals surface area contributed by atoms with E-state index in [9.17, 15) is 10.1 Å². The average Bonchev–Trinajstić information content (AvgIpc) is 2.24. The van der Waals surface area contributed by atoms with Gasteiger partial charge in [0, 0.05) is 12.6 Å². The molecule has 0 spiro atoms. The molecule has 1 N–H and O–H groups in total. The maximum absolute atomic E-state index is 10.8. The van der Waals surface area contributed by atoms with E-state index in [1.54, 1.807) is 12.1 Å². The Labute approximate surface area is 95.1 Å². The number of nitrogens with zero attached hydrogens (tertiary/aromatic N) is 1. The Balaban J connectivity index is 2.76. The lowest BCUT2D eigenvalue weighted by Crippen LogP contribution is -2.03. The van der Waals surface area contributed by atoms with Gasteiger partial charge in [-0.25, -0.2) is 0 Å². The number of allylic oxidation sites excluding steroid dienone is 1. The fourth-order valence-electron chi connectivity index (χ4n) is 1.41. The van der Waals surface area contributed by atoms with Crippen molar-refractivity contribution in [2.24, 2.45) is 0 Å². The first-order valence-electron chi connectivity index (χ1n) is 5.25. The molecule has 0 aliphatic rings. The van der Waals surface area contributed by atoms with Crippen molar-refractivity contribution >= 4 is 11.4 Å². The monoisotopic (exact) mass is 220 g/mol. The van der Waals surface area contributed by atoms with Gasteiger partial charge in [-0.15, -0.1) is 0 Å². The highest BCUT2D eigenvalue weighted by Gasteiger charge is 2.12. The van der Waals surface area contributed by atoms with Crippen LogP contribution in [0.1, 0.15) is 18.9 Å². The van der Waals surface area contributed by atoms with Gasteiger partial charge in [0.1, 0.15) is 5.69 Å². The minimum Gasteiger partial charge on any atom is -0.379 e. The van der Waals surface area contributed by atoms with Gasteiger partial charge in [-0.3, -0.25) is 10.1 Å². The fraction of sp³-hybridized carbons (Fsp3) is 0.333. The Hall–Kier alpha value is -1.84. The number of hydrogen-bond donors (Lipinski definition) is 1. The quantitative estimate of drug-likeness (QED) is 0.358. The van der Waals surface area contributed by atoms with E-state index < -0.39 is 0 Å². The molecular formula is C12H16N2O2. The second-order valence-corrected chi connectivity index (χ2v) is 3.56. The van der Waals surface area contributed by atoms with Gasteiger partial charge in [0.25, 0.3) is 5.69 Å². The maximum atomic E-state index is 10.8. The van der Waals surface area contributed by atoms with Crippen molar-refractivity contribution in [2.75, 3.05) is 11.9 Å². The van der Waals surface area contributed by atoms with Crippen LogP contribution in [-0.4, -0.2) is 11.5 Å². The molecule has 4 heteroatoms. The SMILES string of the molecule is C/C=C/CCNc1cc(C)ccc1[N+](=O)[O-]. The van der Waals surface area contributed by atoms with Gasteiger partial charge >= 0.3 is 0 Å². The van der Waals surface area contributed by atoms with E-state index in [2.05, 4.69) is 5.32 Å². The third kappa shape index (κ3) is 3.38. The van der Waals surface area contributed by atoms with Gasteiger partial charge in [-0.1, -0.05) is 18.2 Å². The van der Waals surface area contributed by atoms with Crippen molar-refractivity contribution in [1.82, 2.24) is 0 Å². The molecule has 1 aromatic carbocycles. The molecule has 0 atom stereocenters. The van der Waals surface area contributed by atoms with Crippen LogP contribution in [0.3, 0.4) is 0 Å². The minimum atomic E-state index is -0.364. The van der Waals surface area contributed by atoms with Crippen LogP contribution in [-0.2, 0) is 0 Å². The topological polar surface area (TPSA) is 55.2 Å². The minimum absolute atomic E-state index is 0.131. The molecule has 1 rings (SSSR count).